The Hall–Kier alpha value is -1.67. The van der Waals surface area contributed by atoms with Crippen LogP contribution >= 0.6 is 11.3 Å². The zero-order chi connectivity index (χ0) is 18.4. The van der Waals surface area contributed by atoms with Gasteiger partial charge in [0.1, 0.15) is 4.83 Å². The Labute approximate surface area is 148 Å². The maximum atomic E-state index is 12.8. The largest absolute Gasteiger partial charge is 0.401 e. The molecule has 0 radical (unpaired) electrons. The van der Waals surface area contributed by atoms with Crippen LogP contribution in [0.1, 0.15) is 26.5 Å². The van der Waals surface area contributed by atoms with Crippen LogP contribution in [0.5, 0.6) is 0 Å². The first kappa shape index (κ1) is 18.1. The molecule has 1 saturated heterocycles. The van der Waals surface area contributed by atoms with Gasteiger partial charge in [0.2, 0.25) is 0 Å². The lowest BCUT2D eigenvalue weighted by Gasteiger charge is -2.34. The number of pyridine rings is 1. The van der Waals surface area contributed by atoms with Gasteiger partial charge in [-0.1, -0.05) is 0 Å². The monoisotopic (exact) mass is 371 g/mol. The van der Waals surface area contributed by atoms with Gasteiger partial charge in [0.05, 0.1) is 11.4 Å². The molecular formula is C17H20F3N3OS. The molecule has 0 aliphatic carbocycles. The molecule has 2 aromatic heterocycles. The van der Waals surface area contributed by atoms with Crippen molar-refractivity contribution in [1.82, 2.24) is 14.8 Å². The molecule has 0 unspecified atom stereocenters. The molecule has 3 rings (SSSR count). The molecule has 0 saturated carbocycles. The minimum Gasteiger partial charge on any atom is -0.335 e. The third kappa shape index (κ3) is 3.79. The normalized spacial score (nSPS) is 16.6. The van der Waals surface area contributed by atoms with Crippen molar-refractivity contribution in [3.63, 3.8) is 0 Å². The van der Waals surface area contributed by atoms with Gasteiger partial charge in [0, 0.05) is 37.3 Å². The Morgan fingerprint density at radius 2 is 1.84 bits per heavy atom. The predicted octanol–water partition coefficient (Wildman–Crippen LogP) is 3.54. The summed E-state index contributed by atoms with van der Waals surface area (Å²) in [4.78, 5) is 21.8. The SMILES string of the molecule is Cc1cc(C)c2c(C)c(C(=O)N3CCN(CC(F)(F)F)CC3)sc2n1. The third-order valence-corrected chi connectivity index (χ3v) is 5.66. The summed E-state index contributed by atoms with van der Waals surface area (Å²) >= 11 is 1.37. The van der Waals surface area contributed by atoms with Gasteiger partial charge in [0.15, 0.2) is 0 Å². The van der Waals surface area contributed by atoms with Crippen LogP contribution in [0.15, 0.2) is 6.07 Å². The minimum atomic E-state index is -4.20. The summed E-state index contributed by atoms with van der Waals surface area (Å²) in [6.07, 6.45) is -4.20. The molecule has 1 aliphatic rings. The molecular weight excluding hydrogens is 351 g/mol. The number of carbonyl (C=O) groups is 1. The number of aryl methyl sites for hydroxylation is 3. The lowest BCUT2D eigenvalue weighted by atomic mass is 10.1. The maximum Gasteiger partial charge on any atom is 0.401 e. The van der Waals surface area contributed by atoms with Crippen LogP contribution in [-0.4, -0.2) is 59.6 Å². The van der Waals surface area contributed by atoms with E-state index in [-0.39, 0.29) is 19.0 Å². The molecule has 0 atom stereocenters. The van der Waals surface area contributed by atoms with E-state index in [1.807, 2.05) is 26.8 Å². The van der Waals surface area contributed by atoms with Crippen LogP contribution in [0.3, 0.4) is 0 Å². The van der Waals surface area contributed by atoms with Crippen molar-refractivity contribution in [2.24, 2.45) is 0 Å². The van der Waals surface area contributed by atoms with Gasteiger partial charge in [0.25, 0.3) is 5.91 Å². The van der Waals surface area contributed by atoms with Crippen molar-refractivity contribution in [2.45, 2.75) is 26.9 Å². The fourth-order valence-corrected chi connectivity index (χ4v) is 4.60. The number of halogens is 3. The van der Waals surface area contributed by atoms with Gasteiger partial charge in [-0.2, -0.15) is 13.2 Å². The van der Waals surface area contributed by atoms with E-state index < -0.39 is 12.7 Å². The molecule has 0 aromatic carbocycles. The predicted molar refractivity (Wildman–Crippen MR) is 92.2 cm³/mol. The average Bonchev–Trinajstić information content (AvgIpc) is 2.82. The fourth-order valence-electron chi connectivity index (χ4n) is 3.33. The maximum absolute atomic E-state index is 12.8. The number of fused-ring (bicyclic) bond motifs is 1. The second-order valence-corrected chi connectivity index (χ2v) is 7.50. The summed E-state index contributed by atoms with van der Waals surface area (Å²) < 4.78 is 37.4. The topological polar surface area (TPSA) is 36.4 Å². The summed E-state index contributed by atoms with van der Waals surface area (Å²) in [5.74, 6) is -0.107. The van der Waals surface area contributed by atoms with Gasteiger partial charge in [-0.05, 0) is 38.0 Å². The lowest BCUT2D eigenvalue weighted by molar-refractivity contribution is -0.148. The Bertz CT molecular complexity index is 808. The molecule has 3 heterocycles. The molecule has 8 heteroatoms. The van der Waals surface area contributed by atoms with E-state index in [1.54, 1.807) is 4.90 Å². The molecule has 1 amide bonds. The van der Waals surface area contributed by atoms with Crippen LogP contribution in [0.4, 0.5) is 13.2 Å². The molecule has 2 aromatic rings. The van der Waals surface area contributed by atoms with E-state index in [0.717, 1.165) is 27.0 Å². The van der Waals surface area contributed by atoms with Crippen LogP contribution in [-0.2, 0) is 0 Å². The highest BCUT2D eigenvalue weighted by Gasteiger charge is 2.33. The Morgan fingerprint density at radius 1 is 1.20 bits per heavy atom. The van der Waals surface area contributed by atoms with Gasteiger partial charge < -0.3 is 4.90 Å². The first-order chi connectivity index (χ1) is 11.7. The number of rotatable bonds is 2. The van der Waals surface area contributed by atoms with Crippen molar-refractivity contribution in [1.29, 1.82) is 0 Å². The zero-order valence-corrected chi connectivity index (χ0v) is 15.2. The molecule has 1 aliphatic heterocycles. The highest BCUT2D eigenvalue weighted by atomic mass is 32.1. The molecule has 1 fully saturated rings. The summed E-state index contributed by atoms with van der Waals surface area (Å²) in [5, 5.41) is 1.01. The quantitative estimate of drug-likeness (QED) is 0.810. The van der Waals surface area contributed by atoms with Gasteiger partial charge in [-0.25, -0.2) is 4.98 Å². The molecule has 136 valence electrons. The highest BCUT2D eigenvalue weighted by molar-refractivity contribution is 7.20. The Balaban J connectivity index is 1.77. The smallest absolute Gasteiger partial charge is 0.335 e. The Kier molecular flexibility index (Phi) is 4.76. The number of hydrogen-bond acceptors (Lipinski definition) is 4. The summed E-state index contributed by atoms with van der Waals surface area (Å²) in [6, 6.07) is 1.99. The van der Waals surface area contributed by atoms with E-state index in [9.17, 15) is 18.0 Å². The first-order valence-corrected chi connectivity index (χ1v) is 8.93. The fraction of sp³-hybridized carbons (Fsp3) is 0.529. The zero-order valence-electron chi connectivity index (χ0n) is 14.4. The van der Waals surface area contributed by atoms with Crippen molar-refractivity contribution in [3.8, 4) is 0 Å². The van der Waals surface area contributed by atoms with Crippen molar-refractivity contribution in [2.75, 3.05) is 32.7 Å². The molecule has 0 bridgehead atoms. The van der Waals surface area contributed by atoms with E-state index in [0.29, 0.717) is 18.0 Å². The van der Waals surface area contributed by atoms with Crippen LogP contribution in [0.25, 0.3) is 10.2 Å². The average molecular weight is 371 g/mol. The van der Waals surface area contributed by atoms with Crippen molar-refractivity contribution >= 4 is 27.5 Å². The van der Waals surface area contributed by atoms with Crippen LogP contribution < -0.4 is 0 Å². The summed E-state index contributed by atoms with van der Waals surface area (Å²) in [7, 11) is 0. The molecule has 0 spiro atoms. The number of aromatic nitrogens is 1. The number of amides is 1. The van der Waals surface area contributed by atoms with Crippen LogP contribution in [0, 0.1) is 20.8 Å². The first-order valence-electron chi connectivity index (χ1n) is 8.11. The van der Waals surface area contributed by atoms with Crippen LogP contribution in [0.2, 0.25) is 0 Å². The number of nitrogens with zero attached hydrogens (tertiary/aromatic N) is 3. The van der Waals surface area contributed by atoms with Crippen molar-refractivity contribution < 1.29 is 18.0 Å². The highest BCUT2D eigenvalue weighted by Crippen LogP contribution is 2.33. The summed E-state index contributed by atoms with van der Waals surface area (Å²) in [5.41, 5.74) is 2.91. The number of piperazine rings is 1. The molecule has 4 nitrogen and oxygen atoms in total. The standard InChI is InChI=1S/C17H20F3N3OS/c1-10-8-11(2)21-15-13(10)12(3)14(25-15)16(24)23-6-4-22(5-7-23)9-17(18,19)20/h8H,4-7,9H2,1-3H3. The van der Waals surface area contributed by atoms with E-state index in [1.165, 1.54) is 16.2 Å². The summed E-state index contributed by atoms with van der Waals surface area (Å²) in [6.45, 7) is 6.03. The Morgan fingerprint density at radius 3 is 2.44 bits per heavy atom. The van der Waals surface area contributed by atoms with E-state index in [4.69, 9.17) is 0 Å². The lowest BCUT2D eigenvalue weighted by Crippen LogP contribution is -2.50. The number of alkyl halides is 3. The second-order valence-electron chi connectivity index (χ2n) is 6.50. The van der Waals surface area contributed by atoms with E-state index >= 15 is 0 Å². The number of hydrogen-bond donors (Lipinski definition) is 0. The van der Waals surface area contributed by atoms with E-state index in [2.05, 4.69) is 4.98 Å². The minimum absolute atomic E-state index is 0.107. The number of thiophene rings is 1. The van der Waals surface area contributed by atoms with Gasteiger partial charge >= 0.3 is 6.18 Å². The molecule has 25 heavy (non-hydrogen) atoms. The second kappa shape index (κ2) is 6.57. The number of carbonyl (C=O) groups excluding carboxylic acids is 1. The van der Waals surface area contributed by atoms with Gasteiger partial charge in [-0.15, -0.1) is 11.3 Å². The third-order valence-electron chi connectivity index (χ3n) is 4.48. The molecule has 0 N–H and O–H groups in total. The van der Waals surface area contributed by atoms with Crippen molar-refractivity contribution in [3.05, 3.63) is 27.8 Å². The van der Waals surface area contributed by atoms with Gasteiger partial charge in [-0.3, -0.25) is 9.69 Å².